The molecule has 2 heterocycles. The third-order valence-electron chi connectivity index (χ3n) is 3.32. The highest BCUT2D eigenvalue weighted by atomic mass is 15.1. The van der Waals surface area contributed by atoms with E-state index >= 15 is 0 Å². The summed E-state index contributed by atoms with van der Waals surface area (Å²) in [5.74, 6) is 0. The number of hydrogen-bond donors (Lipinski definition) is 0. The van der Waals surface area contributed by atoms with Gasteiger partial charge in [-0.1, -0.05) is 13.8 Å². The van der Waals surface area contributed by atoms with Crippen molar-refractivity contribution in [1.82, 2.24) is 9.13 Å². The van der Waals surface area contributed by atoms with Gasteiger partial charge in [-0.2, -0.15) is 0 Å². The maximum Gasteiger partial charge on any atom is 0.0360 e. The zero-order valence-corrected chi connectivity index (χ0v) is 16.4. The van der Waals surface area contributed by atoms with Gasteiger partial charge in [-0.15, -0.1) is 0 Å². The van der Waals surface area contributed by atoms with E-state index in [2.05, 4.69) is 89.1 Å². The van der Waals surface area contributed by atoms with Gasteiger partial charge in [-0.05, 0) is 79.7 Å². The Kier molecular flexibility index (Phi) is 7.72. The van der Waals surface area contributed by atoms with Gasteiger partial charge in [0.1, 0.15) is 0 Å². The molecule has 0 aliphatic rings. The van der Waals surface area contributed by atoms with Crippen LogP contribution in [0.15, 0.2) is 36.7 Å². The van der Waals surface area contributed by atoms with Crippen molar-refractivity contribution >= 4 is 0 Å². The van der Waals surface area contributed by atoms with E-state index in [4.69, 9.17) is 0 Å². The summed E-state index contributed by atoms with van der Waals surface area (Å²) in [7, 11) is 0. The van der Waals surface area contributed by atoms with Crippen molar-refractivity contribution in [3.63, 3.8) is 0 Å². The van der Waals surface area contributed by atoms with Crippen LogP contribution in [0, 0.1) is 13.8 Å². The highest BCUT2D eigenvalue weighted by molar-refractivity contribution is 5.16. The van der Waals surface area contributed by atoms with Gasteiger partial charge in [0.25, 0.3) is 0 Å². The Labute approximate surface area is 138 Å². The molecule has 0 aromatic carbocycles. The standard InChI is InChI=1S/C10H17N.C8H13N.C2H6/c1-8-6-7-9(2)11(8)10(3,4)5;1-8(2,3)9-6-4-5-7-9;1-2/h6-7H,1-5H3;4-7H,1-3H3;1-2H3. The van der Waals surface area contributed by atoms with E-state index in [1.165, 1.54) is 11.4 Å². The summed E-state index contributed by atoms with van der Waals surface area (Å²) in [4.78, 5) is 0. The summed E-state index contributed by atoms with van der Waals surface area (Å²) in [5, 5.41) is 0. The normalized spacial score (nSPS) is 11.2. The molecule has 0 aliphatic carbocycles. The van der Waals surface area contributed by atoms with Gasteiger partial charge in [0.2, 0.25) is 0 Å². The Morgan fingerprint density at radius 2 is 1.05 bits per heavy atom. The van der Waals surface area contributed by atoms with Crippen LogP contribution in [0.25, 0.3) is 0 Å². The van der Waals surface area contributed by atoms with E-state index in [1.807, 2.05) is 26.0 Å². The molecule has 22 heavy (non-hydrogen) atoms. The molecular formula is C20H36N2. The first kappa shape index (κ1) is 20.6. The second kappa shape index (κ2) is 8.26. The SMILES string of the molecule is CC.CC(C)(C)n1cccc1.Cc1ccc(C)n1C(C)(C)C. The predicted molar refractivity (Wildman–Crippen MR) is 99.7 cm³/mol. The summed E-state index contributed by atoms with van der Waals surface area (Å²) in [6, 6.07) is 8.43. The van der Waals surface area contributed by atoms with E-state index in [0.717, 1.165) is 0 Å². The van der Waals surface area contributed by atoms with Gasteiger partial charge in [0.05, 0.1) is 0 Å². The lowest BCUT2D eigenvalue weighted by molar-refractivity contribution is 0.383. The molecule has 0 spiro atoms. The lowest BCUT2D eigenvalue weighted by Gasteiger charge is -2.25. The van der Waals surface area contributed by atoms with E-state index < -0.39 is 0 Å². The Bertz CT molecular complexity index is 498. The van der Waals surface area contributed by atoms with E-state index in [-0.39, 0.29) is 11.1 Å². The summed E-state index contributed by atoms with van der Waals surface area (Å²) >= 11 is 0. The molecule has 2 rings (SSSR count). The summed E-state index contributed by atoms with van der Waals surface area (Å²) in [6.07, 6.45) is 4.17. The molecule has 0 atom stereocenters. The second-order valence-electron chi connectivity index (χ2n) is 7.38. The minimum Gasteiger partial charge on any atom is -0.349 e. The van der Waals surface area contributed by atoms with Crippen LogP contribution >= 0.6 is 0 Å². The van der Waals surface area contributed by atoms with Gasteiger partial charge in [-0.3, -0.25) is 0 Å². The predicted octanol–water partition coefficient (Wildman–Crippen LogP) is 6.13. The molecular weight excluding hydrogens is 268 g/mol. The molecule has 0 radical (unpaired) electrons. The molecule has 0 unspecified atom stereocenters. The number of aromatic nitrogens is 2. The Balaban J connectivity index is 0.000000366. The molecule has 0 N–H and O–H groups in total. The van der Waals surface area contributed by atoms with Gasteiger partial charge >= 0.3 is 0 Å². The van der Waals surface area contributed by atoms with Crippen LogP contribution in [0.1, 0.15) is 66.8 Å². The van der Waals surface area contributed by atoms with Crippen LogP contribution in [-0.2, 0) is 11.1 Å². The van der Waals surface area contributed by atoms with Crippen molar-refractivity contribution in [2.24, 2.45) is 0 Å². The maximum absolute atomic E-state index is 2.35. The Hall–Kier alpha value is -1.44. The van der Waals surface area contributed by atoms with Crippen molar-refractivity contribution in [3.8, 4) is 0 Å². The van der Waals surface area contributed by atoms with Crippen molar-refractivity contribution in [1.29, 1.82) is 0 Å². The van der Waals surface area contributed by atoms with Crippen LogP contribution in [0.5, 0.6) is 0 Å². The molecule has 0 bridgehead atoms. The van der Waals surface area contributed by atoms with Crippen LogP contribution in [0.4, 0.5) is 0 Å². The first-order valence-corrected chi connectivity index (χ1v) is 8.32. The Morgan fingerprint density at radius 1 is 0.682 bits per heavy atom. The average molecular weight is 305 g/mol. The minimum absolute atomic E-state index is 0.220. The molecule has 2 heteroatoms. The number of aryl methyl sites for hydroxylation is 2. The van der Waals surface area contributed by atoms with Crippen molar-refractivity contribution in [2.45, 2.75) is 80.3 Å². The number of hydrogen-bond acceptors (Lipinski definition) is 0. The molecule has 2 aromatic rings. The van der Waals surface area contributed by atoms with Gasteiger partial charge in [0.15, 0.2) is 0 Å². The van der Waals surface area contributed by atoms with Gasteiger partial charge in [0, 0.05) is 34.9 Å². The minimum atomic E-state index is 0.220. The van der Waals surface area contributed by atoms with Crippen molar-refractivity contribution in [3.05, 3.63) is 48.0 Å². The second-order valence-corrected chi connectivity index (χ2v) is 7.38. The molecule has 0 fully saturated rings. The van der Waals surface area contributed by atoms with E-state index in [1.54, 1.807) is 0 Å². The summed E-state index contributed by atoms with van der Waals surface area (Å²) in [6.45, 7) is 21.6. The molecule has 0 amide bonds. The lowest BCUT2D eigenvalue weighted by atomic mass is 10.1. The van der Waals surface area contributed by atoms with Gasteiger partial charge < -0.3 is 9.13 Å². The van der Waals surface area contributed by atoms with Crippen molar-refractivity contribution in [2.75, 3.05) is 0 Å². The maximum atomic E-state index is 2.35. The highest BCUT2D eigenvalue weighted by Gasteiger charge is 2.15. The third kappa shape index (κ3) is 6.13. The quantitative estimate of drug-likeness (QED) is 0.554. The first-order chi connectivity index (χ1) is 10.0. The third-order valence-corrected chi connectivity index (χ3v) is 3.32. The number of rotatable bonds is 0. The highest BCUT2D eigenvalue weighted by Crippen LogP contribution is 2.20. The van der Waals surface area contributed by atoms with Crippen LogP contribution in [0.3, 0.4) is 0 Å². The van der Waals surface area contributed by atoms with E-state index in [0.29, 0.717) is 0 Å². The smallest absolute Gasteiger partial charge is 0.0360 e. The lowest BCUT2D eigenvalue weighted by Crippen LogP contribution is -2.23. The average Bonchev–Trinajstić information content (AvgIpc) is 3.01. The van der Waals surface area contributed by atoms with Crippen molar-refractivity contribution < 1.29 is 0 Å². The fourth-order valence-electron chi connectivity index (χ4n) is 2.51. The monoisotopic (exact) mass is 304 g/mol. The van der Waals surface area contributed by atoms with Crippen LogP contribution in [-0.4, -0.2) is 9.13 Å². The van der Waals surface area contributed by atoms with E-state index in [9.17, 15) is 0 Å². The molecule has 2 aromatic heterocycles. The molecule has 2 nitrogen and oxygen atoms in total. The first-order valence-electron chi connectivity index (χ1n) is 8.32. The molecule has 0 saturated heterocycles. The molecule has 0 aliphatic heterocycles. The zero-order chi connectivity index (χ0) is 17.6. The topological polar surface area (TPSA) is 9.86 Å². The summed E-state index contributed by atoms with van der Waals surface area (Å²) < 4.78 is 4.54. The largest absolute Gasteiger partial charge is 0.349 e. The summed E-state index contributed by atoms with van der Waals surface area (Å²) in [5.41, 5.74) is 3.14. The fourth-order valence-corrected chi connectivity index (χ4v) is 2.51. The Morgan fingerprint density at radius 3 is 1.23 bits per heavy atom. The van der Waals surface area contributed by atoms with Gasteiger partial charge in [-0.25, -0.2) is 0 Å². The van der Waals surface area contributed by atoms with Crippen LogP contribution in [0.2, 0.25) is 0 Å². The number of nitrogens with zero attached hydrogens (tertiary/aromatic N) is 2. The zero-order valence-electron chi connectivity index (χ0n) is 16.4. The fraction of sp³-hybridized carbons (Fsp3) is 0.600. The molecule has 126 valence electrons. The molecule has 0 saturated carbocycles. The van der Waals surface area contributed by atoms with Crippen LogP contribution < -0.4 is 0 Å².